The van der Waals surface area contributed by atoms with Crippen molar-refractivity contribution in [1.29, 1.82) is 0 Å². The summed E-state index contributed by atoms with van der Waals surface area (Å²) in [5.74, 6) is 0.686. The summed E-state index contributed by atoms with van der Waals surface area (Å²) >= 11 is 0. The Morgan fingerprint density at radius 2 is 2.11 bits per heavy atom. The third-order valence-electron chi connectivity index (χ3n) is 3.08. The Hall–Kier alpha value is -1.09. The van der Waals surface area contributed by atoms with Crippen LogP contribution in [0.25, 0.3) is 0 Å². The third kappa shape index (κ3) is 5.50. The molecule has 0 amide bonds. The van der Waals surface area contributed by atoms with Crippen molar-refractivity contribution in [2.75, 3.05) is 13.7 Å². The molecule has 102 valence electrons. The summed E-state index contributed by atoms with van der Waals surface area (Å²) in [6.07, 6.45) is 7.94. The van der Waals surface area contributed by atoms with Crippen molar-refractivity contribution >= 4 is 0 Å². The molecule has 1 rings (SSSR count). The largest absolute Gasteiger partial charge is 0.481 e. The molecule has 0 spiro atoms. The van der Waals surface area contributed by atoms with Crippen LogP contribution in [0, 0.1) is 0 Å². The van der Waals surface area contributed by atoms with E-state index >= 15 is 0 Å². The number of rotatable bonds is 9. The van der Waals surface area contributed by atoms with Crippen molar-refractivity contribution in [1.82, 2.24) is 10.3 Å². The van der Waals surface area contributed by atoms with Gasteiger partial charge in [0.05, 0.1) is 7.11 Å². The van der Waals surface area contributed by atoms with Gasteiger partial charge in [-0.25, -0.2) is 4.98 Å². The minimum Gasteiger partial charge on any atom is -0.481 e. The molecule has 0 saturated heterocycles. The smallest absolute Gasteiger partial charge is 0.212 e. The van der Waals surface area contributed by atoms with Crippen LogP contribution in [0.4, 0.5) is 0 Å². The lowest BCUT2D eigenvalue weighted by Gasteiger charge is -2.18. The molecule has 1 N–H and O–H groups in total. The molecule has 0 aliphatic rings. The standard InChI is InChI=1S/C15H26N2O/c1-4-6-7-14(16-10-5-2)11-13-8-9-15(18-3)17-12-13/h8-9,12,14,16H,4-7,10-11H2,1-3H3. The Morgan fingerprint density at radius 3 is 2.67 bits per heavy atom. The summed E-state index contributed by atoms with van der Waals surface area (Å²) in [6.45, 7) is 5.54. The Balaban J connectivity index is 2.51. The SMILES string of the molecule is CCCCC(Cc1ccc(OC)nc1)NCCC. The molecule has 1 unspecified atom stereocenters. The molecule has 1 aromatic heterocycles. The Labute approximate surface area is 111 Å². The molecule has 0 saturated carbocycles. The summed E-state index contributed by atoms with van der Waals surface area (Å²) in [5, 5.41) is 3.62. The van der Waals surface area contributed by atoms with Crippen molar-refractivity contribution < 1.29 is 4.74 Å². The zero-order valence-electron chi connectivity index (χ0n) is 11.9. The van der Waals surface area contributed by atoms with E-state index in [0.29, 0.717) is 11.9 Å². The predicted octanol–water partition coefficient (Wildman–Crippen LogP) is 3.19. The van der Waals surface area contributed by atoms with Crippen LogP contribution in [0.15, 0.2) is 18.3 Å². The number of ether oxygens (including phenoxy) is 1. The first kappa shape index (κ1) is 15.0. The van der Waals surface area contributed by atoms with Gasteiger partial charge in [-0.1, -0.05) is 32.8 Å². The van der Waals surface area contributed by atoms with Crippen LogP contribution in [0.1, 0.15) is 45.1 Å². The van der Waals surface area contributed by atoms with Crippen molar-refractivity contribution in [3.05, 3.63) is 23.9 Å². The highest BCUT2D eigenvalue weighted by Gasteiger charge is 2.08. The molecule has 3 nitrogen and oxygen atoms in total. The van der Waals surface area contributed by atoms with Gasteiger partial charge < -0.3 is 10.1 Å². The quantitative estimate of drug-likeness (QED) is 0.731. The fraction of sp³-hybridized carbons (Fsp3) is 0.667. The zero-order valence-corrected chi connectivity index (χ0v) is 11.9. The highest BCUT2D eigenvalue weighted by Crippen LogP contribution is 2.11. The number of nitrogens with zero attached hydrogens (tertiary/aromatic N) is 1. The number of methoxy groups -OCH3 is 1. The van der Waals surface area contributed by atoms with E-state index in [1.807, 2.05) is 12.3 Å². The highest BCUT2D eigenvalue weighted by atomic mass is 16.5. The average Bonchev–Trinajstić information content (AvgIpc) is 2.42. The van der Waals surface area contributed by atoms with Gasteiger partial charge in [0.2, 0.25) is 5.88 Å². The first-order valence-corrected chi connectivity index (χ1v) is 7.02. The molecule has 0 radical (unpaired) electrons. The van der Waals surface area contributed by atoms with Crippen LogP contribution in [0.2, 0.25) is 0 Å². The molecule has 1 heterocycles. The Kier molecular flexibility index (Phi) is 7.42. The van der Waals surface area contributed by atoms with Crippen LogP contribution in [0.3, 0.4) is 0 Å². The topological polar surface area (TPSA) is 34.1 Å². The van der Waals surface area contributed by atoms with Gasteiger partial charge in [-0.2, -0.15) is 0 Å². The molecule has 18 heavy (non-hydrogen) atoms. The number of unbranched alkanes of at least 4 members (excludes halogenated alkanes) is 1. The van der Waals surface area contributed by atoms with Crippen LogP contribution < -0.4 is 10.1 Å². The van der Waals surface area contributed by atoms with Crippen molar-refractivity contribution in [3.8, 4) is 5.88 Å². The number of pyridine rings is 1. The molecular weight excluding hydrogens is 224 g/mol. The van der Waals surface area contributed by atoms with Crippen molar-refractivity contribution in [3.63, 3.8) is 0 Å². The molecule has 1 atom stereocenters. The number of nitrogens with one attached hydrogen (secondary N) is 1. The van der Waals surface area contributed by atoms with E-state index in [9.17, 15) is 0 Å². The molecule has 1 aromatic rings. The van der Waals surface area contributed by atoms with E-state index in [4.69, 9.17) is 4.74 Å². The molecule has 3 heteroatoms. The van der Waals surface area contributed by atoms with Gasteiger partial charge in [-0.3, -0.25) is 0 Å². The minimum absolute atomic E-state index is 0.570. The highest BCUT2D eigenvalue weighted by molar-refractivity contribution is 5.18. The van der Waals surface area contributed by atoms with Crippen LogP contribution in [-0.2, 0) is 6.42 Å². The van der Waals surface area contributed by atoms with E-state index in [1.54, 1.807) is 7.11 Å². The number of hydrogen-bond acceptors (Lipinski definition) is 3. The van der Waals surface area contributed by atoms with Crippen LogP contribution in [0.5, 0.6) is 5.88 Å². The van der Waals surface area contributed by atoms with E-state index in [2.05, 4.69) is 30.2 Å². The van der Waals surface area contributed by atoms with Crippen molar-refractivity contribution in [2.24, 2.45) is 0 Å². The minimum atomic E-state index is 0.570. The van der Waals surface area contributed by atoms with E-state index < -0.39 is 0 Å². The second-order valence-electron chi connectivity index (χ2n) is 4.71. The molecule has 0 bridgehead atoms. The van der Waals surface area contributed by atoms with Gasteiger partial charge in [0.1, 0.15) is 0 Å². The van der Waals surface area contributed by atoms with Crippen LogP contribution in [-0.4, -0.2) is 24.7 Å². The zero-order chi connectivity index (χ0) is 13.2. The molecule has 0 aliphatic heterocycles. The summed E-state index contributed by atoms with van der Waals surface area (Å²) in [6, 6.07) is 4.62. The van der Waals surface area contributed by atoms with E-state index in [-0.39, 0.29) is 0 Å². The fourth-order valence-electron chi connectivity index (χ4n) is 2.01. The lowest BCUT2D eigenvalue weighted by Crippen LogP contribution is -2.31. The van der Waals surface area contributed by atoms with Crippen molar-refractivity contribution in [2.45, 2.75) is 52.0 Å². The van der Waals surface area contributed by atoms with Gasteiger partial charge in [-0.05, 0) is 31.4 Å². The molecule has 0 aromatic carbocycles. The number of aromatic nitrogens is 1. The van der Waals surface area contributed by atoms with E-state index in [1.165, 1.54) is 31.2 Å². The first-order valence-electron chi connectivity index (χ1n) is 7.02. The summed E-state index contributed by atoms with van der Waals surface area (Å²) in [4.78, 5) is 4.26. The van der Waals surface area contributed by atoms with Crippen LogP contribution >= 0.6 is 0 Å². The first-order chi connectivity index (χ1) is 8.80. The maximum absolute atomic E-state index is 5.08. The van der Waals surface area contributed by atoms with Gasteiger partial charge in [0.15, 0.2) is 0 Å². The number of hydrogen-bond donors (Lipinski definition) is 1. The van der Waals surface area contributed by atoms with Gasteiger partial charge >= 0.3 is 0 Å². The third-order valence-corrected chi connectivity index (χ3v) is 3.08. The summed E-state index contributed by atoms with van der Waals surface area (Å²) < 4.78 is 5.08. The second-order valence-corrected chi connectivity index (χ2v) is 4.71. The maximum Gasteiger partial charge on any atom is 0.212 e. The summed E-state index contributed by atoms with van der Waals surface area (Å²) in [7, 11) is 1.65. The normalized spacial score (nSPS) is 12.4. The Morgan fingerprint density at radius 1 is 1.28 bits per heavy atom. The Bertz CT molecular complexity index is 303. The molecule has 0 aliphatic carbocycles. The second kappa shape index (κ2) is 8.92. The fourth-order valence-corrected chi connectivity index (χ4v) is 2.01. The van der Waals surface area contributed by atoms with Gasteiger partial charge in [-0.15, -0.1) is 0 Å². The molecular formula is C15H26N2O. The monoisotopic (exact) mass is 250 g/mol. The maximum atomic E-state index is 5.08. The average molecular weight is 250 g/mol. The van der Waals surface area contributed by atoms with E-state index in [0.717, 1.165) is 13.0 Å². The lowest BCUT2D eigenvalue weighted by molar-refractivity contribution is 0.397. The summed E-state index contributed by atoms with van der Waals surface area (Å²) in [5.41, 5.74) is 1.28. The van der Waals surface area contributed by atoms with Gasteiger partial charge in [0.25, 0.3) is 0 Å². The molecule has 0 fully saturated rings. The lowest BCUT2D eigenvalue weighted by atomic mass is 10.0. The predicted molar refractivity (Wildman–Crippen MR) is 76.1 cm³/mol. The van der Waals surface area contributed by atoms with Gasteiger partial charge in [0, 0.05) is 18.3 Å².